The molecule has 5 nitrogen and oxygen atoms in total. The number of nitrogens with one attached hydrogen (secondary N) is 1. The van der Waals surface area contributed by atoms with E-state index < -0.39 is 6.04 Å². The van der Waals surface area contributed by atoms with Crippen LogP contribution in [0.4, 0.5) is 0 Å². The Morgan fingerprint density at radius 1 is 1.35 bits per heavy atom. The molecule has 108 valence electrons. The molecule has 1 aliphatic carbocycles. The van der Waals surface area contributed by atoms with Gasteiger partial charge in [0.2, 0.25) is 11.8 Å². The van der Waals surface area contributed by atoms with Crippen molar-refractivity contribution in [2.45, 2.75) is 31.8 Å². The Bertz CT molecular complexity index is 494. The van der Waals surface area contributed by atoms with E-state index in [1.165, 1.54) is 4.90 Å². The van der Waals surface area contributed by atoms with Crippen LogP contribution in [0.2, 0.25) is 0 Å². The molecular formula is C15H21N3O2. The molecule has 1 aromatic carbocycles. The number of aryl methyl sites for hydroxylation is 1. The zero-order valence-corrected chi connectivity index (χ0v) is 11.9. The minimum atomic E-state index is -0.727. The summed E-state index contributed by atoms with van der Waals surface area (Å²) in [6, 6.07) is 7.10. The lowest BCUT2D eigenvalue weighted by atomic mass is 10.0. The van der Waals surface area contributed by atoms with Gasteiger partial charge in [0.25, 0.3) is 0 Å². The molecule has 20 heavy (non-hydrogen) atoms. The summed E-state index contributed by atoms with van der Waals surface area (Å²) in [5.74, 6) is -0.376. The standard InChI is InChI=1S/C15H21N3O2/c1-10-3-5-11(6-4-10)14(16)15(20)18(2)9-13(19)17-12-7-8-12/h3-6,12,14H,7-9,16H2,1-2H3,(H,17,19). The van der Waals surface area contributed by atoms with Crippen LogP contribution < -0.4 is 11.1 Å². The molecule has 0 bridgehead atoms. The number of likely N-dealkylation sites (N-methyl/N-ethyl adjacent to an activating group) is 1. The summed E-state index contributed by atoms with van der Waals surface area (Å²) in [5, 5.41) is 2.85. The molecule has 0 aliphatic heterocycles. The van der Waals surface area contributed by atoms with Crippen molar-refractivity contribution in [2.75, 3.05) is 13.6 Å². The van der Waals surface area contributed by atoms with Crippen LogP contribution in [0.1, 0.15) is 30.0 Å². The summed E-state index contributed by atoms with van der Waals surface area (Å²) in [4.78, 5) is 25.2. The average molecular weight is 275 g/mol. The zero-order chi connectivity index (χ0) is 14.7. The predicted octanol–water partition coefficient (Wildman–Crippen LogP) is 0.732. The van der Waals surface area contributed by atoms with E-state index >= 15 is 0 Å². The molecular weight excluding hydrogens is 254 g/mol. The molecule has 0 radical (unpaired) electrons. The van der Waals surface area contributed by atoms with Crippen LogP contribution in [-0.4, -0.2) is 36.3 Å². The fourth-order valence-corrected chi connectivity index (χ4v) is 1.95. The van der Waals surface area contributed by atoms with E-state index in [1.54, 1.807) is 7.05 Å². The largest absolute Gasteiger partial charge is 0.352 e. The van der Waals surface area contributed by atoms with Gasteiger partial charge >= 0.3 is 0 Å². The molecule has 0 heterocycles. The summed E-state index contributed by atoms with van der Waals surface area (Å²) in [5.41, 5.74) is 7.83. The van der Waals surface area contributed by atoms with Gasteiger partial charge in [0.15, 0.2) is 0 Å². The summed E-state index contributed by atoms with van der Waals surface area (Å²) >= 11 is 0. The van der Waals surface area contributed by atoms with Crippen molar-refractivity contribution in [1.29, 1.82) is 0 Å². The van der Waals surface area contributed by atoms with Crippen molar-refractivity contribution < 1.29 is 9.59 Å². The number of nitrogens with two attached hydrogens (primary N) is 1. The van der Waals surface area contributed by atoms with Gasteiger partial charge in [0.1, 0.15) is 6.04 Å². The topological polar surface area (TPSA) is 75.4 Å². The lowest BCUT2D eigenvalue weighted by Crippen LogP contribution is -2.42. The molecule has 3 N–H and O–H groups in total. The first-order valence-electron chi connectivity index (χ1n) is 6.84. The number of nitrogens with zero attached hydrogens (tertiary/aromatic N) is 1. The molecule has 1 atom stereocenters. The van der Waals surface area contributed by atoms with Crippen LogP contribution in [0.25, 0.3) is 0 Å². The molecule has 2 rings (SSSR count). The monoisotopic (exact) mass is 275 g/mol. The van der Waals surface area contributed by atoms with Crippen molar-refractivity contribution in [3.63, 3.8) is 0 Å². The van der Waals surface area contributed by atoms with E-state index in [-0.39, 0.29) is 18.4 Å². The maximum absolute atomic E-state index is 12.2. The Morgan fingerprint density at radius 2 is 1.95 bits per heavy atom. The Labute approximate surface area is 119 Å². The molecule has 0 aromatic heterocycles. The van der Waals surface area contributed by atoms with E-state index in [4.69, 9.17) is 5.73 Å². The van der Waals surface area contributed by atoms with E-state index in [9.17, 15) is 9.59 Å². The fourth-order valence-electron chi connectivity index (χ4n) is 1.95. The van der Waals surface area contributed by atoms with Gasteiger partial charge in [-0.15, -0.1) is 0 Å². The second kappa shape index (κ2) is 6.05. The van der Waals surface area contributed by atoms with Crippen LogP contribution in [0.15, 0.2) is 24.3 Å². The SMILES string of the molecule is Cc1ccc(C(N)C(=O)N(C)CC(=O)NC2CC2)cc1. The third kappa shape index (κ3) is 3.81. The highest BCUT2D eigenvalue weighted by atomic mass is 16.2. The van der Waals surface area contributed by atoms with Crippen molar-refractivity contribution >= 4 is 11.8 Å². The van der Waals surface area contributed by atoms with Gasteiger partial charge in [0.05, 0.1) is 6.54 Å². The van der Waals surface area contributed by atoms with Gasteiger partial charge in [-0.2, -0.15) is 0 Å². The third-order valence-corrected chi connectivity index (χ3v) is 3.40. The number of carbonyl (C=O) groups is 2. The van der Waals surface area contributed by atoms with Crippen LogP contribution in [-0.2, 0) is 9.59 Å². The van der Waals surface area contributed by atoms with Crippen molar-refractivity contribution in [1.82, 2.24) is 10.2 Å². The van der Waals surface area contributed by atoms with Gasteiger partial charge < -0.3 is 16.0 Å². The first-order valence-corrected chi connectivity index (χ1v) is 6.84. The third-order valence-electron chi connectivity index (χ3n) is 3.40. The first kappa shape index (κ1) is 14.5. The minimum Gasteiger partial charge on any atom is -0.352 e. The highest BCUT2D eigenvalue weighted by Gasteiger charge is 2.26. The molecule has 1 fully saturated rings. The maximum atomic E-state index is 12.2. The van der Waals surface area contributed by atoms with Crippen LogP contribution in [0, 0.1) is 6.92 Å². The van der Waals surface area contributed by atoms with Crippen molar-refractivity contribution in [3.8, 4) is 0 Å². The normalized spacial score (nSPS) is 15.6. The second-order valence-corrected chi connectivity index (χ2v) is 5.42. The molecule has 0 saturated heterocycles. The highest BCUT2D eigenvalue weighted by molar-refractivity contribution is 5.88. The fraction of sp³-hybridized carbons (Fsp3) is 0.467. The lowest BCUT2D eigenvalue weighted by Gasteiger charge is -2.21. The first-order chi connectivity index (χ1) is 9.47. The zero-order valence-electron chi connectivity index (χ0n) is 11.9. The quantitative estimate of drug-likeness (QED) is 0.832. The summed E-state index contributed by atoms with van der Waals surface area (Å²) < 4.78 is 0. The summed E-state index contributed by atoms with van der Waals surface area (Å²) in [6.07, 6.45) is 2.07. The molecule has 1 aliphatic rings. The molecule has 2 amide bonds. The average Bonchev–Trinajstić information content (AvgIpc) is 3.21. The van der Waals surface area contributed by atoms with Crippen molar-refractivity contribution in [2.24, 2.45) is 5.73 Å². The minimum absolute atomic E-state index is 0.0505. The van der Waals surface area contributed by atoms with E-state index in [0.717, 1.165) is 24.0 Å². The highest BCUT2D eigenvalue weighted by Crippen LogP contribution is 2.18. The van der Waals surface area contributed by atoms with Crippen LogP contribution in [0.5, 0.6) is 0 Å². The summed E-state index contributed by atoms with van der Waals surface area (Å²) in [6.45, 7) is 2.03. The van der Waals surface area contributed by atoms with Gasteiger partial charge in [-0.25, -0.2) is 0 Å². The molecule has 1 saturated carbocycles. The molecule has 5 heteroatoms. The number of hydrogen-bond donors (Lipinski definition) is 2. The number of benzene rings is 1. The van der Waals surface area contributed by atoms with Gasteiger partial charge in [-0.1, -0.05) is 29.8 Å². The van der Waals surface area contributed by atoms with Gasteiger partial charge in [-0.05, 0) is 25.3 Å². The predicted molar refractivity (Wildman–Crippen MR) is 76.9 cm³/mol. The van der Waals surface area contributed by atoms with Gasteiger partial charge in [0, 0.05) is 13.1 Å². The Morgan fingerprint density at radius 3 is 2.50 bits per heavy atom. The Kier molecular flexibility index (Phi) is 4.39. The smallest absolute Gasteiger partial charge is 0.244 e. The molecule has 1 aromatic rings. The second-order valence-electron chi connectivity index (χ2n) is 5.42. The maximum Gasteiger partial charge on any atom is 0.244 e. The van der Waals surface area contributed by atoms with E-state index in [0.29, 0.717) is 6.04 Å². The number of rotatable bonds is 5. The van der Waals surface area contributed by atoms with E-state index in [2.05, 4.69) is 5.32 Å². The summed E-state index contributed by atoms with van der Waals surface area (Å²) in [7, 11) is 1.60. The lowest BCUT2D eigenvalue weighted by molar-refractivity contribution is -0.135. The van der Waals surface area contributed by atoms with Gasteiger partial charge in [-0.3, -0.25) is 9.59 Å². The molecule has 0 spiro atoms. The Hall–Kier alpha value is -1.88. The Balaban J connectivity index is 1.91. The molecule has 1 unspecified atom stereocenters. The van der Waals surface area contributed by atoms with Crippen LogP contribution in [0.3, 0.4) is 0 Å². The van der Waals surface area contributed by atoms with E-state index in [1.807, 2.05) is 31.2 Å². The number of hydrogen-bond acceptors (Lipinski definition) is 3. The number of amides is 2. The van der Waals surface area contributed by atoms with Crippen molar-refractivity contribution in [3.05, 3.63) is 35.4 Å². The van der Waals surface area contributed by atoms with Crippen LogP contribution >= 0.6 is 0 Å². The number of carbonyl (C=O) groups excluding carboxylic acids is 2.